The standard InChI is InChI=1S/C24H40O2/c1-16(5-4-14-25)20-8-9-21-19-7-6-17-15-18(26)10-12-23(17,2)22(19)11-13-24(20,21)3/h6,16,18-22,25-26H,4-5,7-15H2,1-3H3/t16-,18-,19+,20-,21+,22+,23+,24-/m1/s1. The summed E-state index contributed by atoms with van der Waals surface area (Å²) in [7, 11) is 0. The van der Waals surface area contributed by atoms with Crippen molar-refractivity contribution in [3.63, 3.8) is 0 Å². The van der Waals surface area contributed by atoms with E-state index in [0.29, 0.717) is 17.4 Å². The zero-order valence-electron chi connectivity index (χ0n) is 17.2. The Morgan fingerprint density at radius 2 is 1.92 bits per heavy atom. The Kier molecular flexibility index (Phi) is 5.06. The molecule has 0 aromatic rings. The molecule has 0 unspecified atom stereocenters. The smallest absolute Gasteiger partial charge is 0.0577 e. The summed E-state index contributed by atoms with van der Waals surface area (Å²) in [6, 6.07) is 0. The zero-order chi connectivity index (χ0) is 18.5. The minimum atomic E-state index is -0.0945. The van der Waals surface area contributed by atoms with Crippen molar-refractivity contribution in [1.82, 2.24) is 0 Å². The maximum atomic E-state index is 10.2. The number of aliphatic hydroxyl groups excluding tert-OH is 2. The molecule has 0 aromatic heterocycles. The summed E-state index contributed by atoms with van der Waals surface area (Å²) < 4.78 is 0. The van der Waals surface area contributed by atoms with Gasteiger partial charge in [0.1, 0.15) is 0 Å². The van der Waals surface area contributed by atoms with E-state index in [1.807, 2.05) is 0 Å². The predicted molar refractivity (Wildman–Crippen MR) is 107 cm³/mol. The highest BCUT2D eigenvalue weighted by molar-refractivity contribution is 5.25. The van der Waals surface area contributed by atoms with Gasteiger partial charge in [-0.3, -0.25) is 0 Å². The van der Waals surface area contributed by atoms with Gasteiger partial charge in [0.25, 0.3) is 0 Å². The summed E-state index contributed by atoms with van der Waals surface area (Å²) in [4.78, 5) is 0. The van der Waals surface area contributed by atoms with Crippen LogP contribution in [-0.4, -0.2) is 22.9 Å². The first-order valence-corrected chi connectivity index (χ1v) is 11.4. The molecule has 0 aliphatic heterocycles. The lowest BCUT2D eigenvalue weighted by molar-refractivity contribution is -0.0574. The van der Waals surface area contributed by atoms with Gasteiger partial charge in [-0.25, -0.2) is 0 Å². The van der Waals surface area contributed by atoms with Crippen molar-refractivity contribution in [2.75, 3.05) is 6.61 Å². The molecule has 2 nitrogen and oxygen atoms in total. The van der Waals surface area contributed by atoms with E-state index in [2.05, 4.69) is 26.8 Å². The number of aliphatic hydroxyl groups is 2. The van der Waals surface area contributed by atoms with Crippen molar-refractivity contribution in [2.45, 2.75) is 91.1 Å². The number of hydrogen-bond donors (Lipinski definition) is 2. The minimum absolute atomic E-state index is 0.0945. The molecule has 3 saturated carbocycles. The fraction of sp³-hybridized carbons (Fsp3) is 0.917. The van der Waals surface area contributed by atoms with Crippen LogP contribution < -0.4 is 0 Å². The highest BCUT2D eigenvalue weighted by Crippen LogP contribution is 2.67. The second kappa shape index (κ2) is 6.92. The van der Waals surface area contributed by atoms with Crippen molar-refractivity contribution >= 4 is 0 Å². The predicted octanol–water partition coefficient (Wildman–Crippen LogP) is 5.33. The summed E-state index contributed by atoms with van der Waals surface area (Å²) in [6.07, 6.45) is 14.6. The molecule has 2 heteroatoms. The van der Waals surface area contributed by atoms with Gasteiger partial charge in [-0.15, -0.1) is 0 Å². The lowest BCUT2D eigenvalue weighted by Gasteiger charge is -2.58. The monoisotopic (exact) mass is 360 g/mol. The van der Waals surface area contributed by atoms with E-state index in [1.54, 1.807) is 5.57 Å². The lowest BCUT2D eigenvalue weighted by atomic mass is 9.47. The van der Waals surface area contributed by atoms with E-state index < -0.39 is 0 Å². The third kappa shape index (κ3) is 2.82. The Balaban J connectivity index is 1.56. The van der Waals surface area contributed by atoms with Gasteiger partial charge in [0.05, 0.1) is 6.10 Å². The first kappa shape index (κ1) is 19.0. The molecule has 0 amide bonds. The van der Waals surface area contributed by atoms with E-state index in [9.17, 15) is 10.2 Å². The molecular formula is C24H40O2. The number of allylic oxidation sites excluding steroid dienone is 1. The molecule has 8 atom stereocenters. The molecule has 0 spiro atoms. The van der Waals surface area contributed by atoms with Gasteiger partial charge >= 0.3 is 0 Å². The Bertz CT molecular complexity index is 554. The van der Waals surface area contributed by atoms with E-state index >= 15 is 0 Å². The van der Waals surface area contributed by atoms with Crippen LogP contribution in [0.25, 0.3) is 0 Å². The first-order chi connectivity index (χ1) is 12.4. The zero-order valence-corrected chi connectivity index (χ0v) is 17.2. The van der Waals surface area contributed by atoms with Crippen molar-refractivity contribution in [1.29, 1.82) is 0 Å². The Morgan fingerprint density at radius 3 is 2.69 bits per heavy atom. The molecule has 0 bridgehead atoms. The van der Waals surface area contributed by atoms with Crippen LogP contribution >= 0.6 is 0 Å². The van der Waals surface area contributed by atoms with Crippen LogP contribution in [0.2, 0.25) is 0 Å². The Hall–Kier alpha value is -0.340. The number of fused-ring (bicyclic) bond motifs is 5. The van der Waals surface area contributed by atoms with Crippen LogP contribution in [0.5, 0.6) is 0 Å². The van der Waals surface area contributed by atoms with E-state index in [-0.39, 0.29) is 6.10 Å². The van der Waals surface area contributed by atoms with Gasteiger partial charge in [-0.1, -0.05) is 32.4 Å². The van der Waals surface area contributed by atoms with E-state index in [1.165, 1.54) is 44.9 Å². The fourth-order valence-corrected chi connectivity index (χ4v) is 8.23. The average Bonchev–Trinajstić information content (AvgIpc) is 2.97. The Labute approximate surface area is 160 Å². The van der Waals surface area contributed by atoms with Crippen molar-refractivity contribution in [3.05, 3.63) is 11.6 Å². The van der Waals surface area contributed by atoms with Crippen molar-refractivity contribution in [2.24, 2.45) is 40.4 Å². The molecule has 0 saturated heterocycles. The van der Waals surface area contributed by atoms with E-state index in [4.69, 9.17) is 0 Å². The third-order valence-corrected chi connectivity index (χ3v) is 9.66. The second-order valence-corrected chi connectivity index (χ2v) is 10.7. The highest BCUT2D eigenvalue weighted by Gasteiger charge is 2.58. The Morgan fingerprint density at radius 1 is 1.12 bits per heavy atom. The highest BCUT2D eigenvalue weighted by atomic mass is 16.3. The molecule has 0 aromatic carbocycles. The first-order valence-electron chi connectivity index (χ1n) is 11.4. The molecule has 0 radical (unpaired) electrons. The minimum Gasteiger partial charge on any atom is -0.396 e. The summed E-state index contributed by atoms with van der Waals surface area (Å²) in [6.45, 7) is 7.94. The van der Waals surface area contributed by atoms with Gasteiger partial charge in [-0.05, 0) is 105 Å². The maximum Gasteiger partial charge on any atom is 0.0577 e. The van der Waals surface area contributed by atoms with Crippen LogP contribution in [0.4, 0.5) is 0 Å². The largest absolute Gasteiger partial charge is 0.396 e. The van der Waals surface area contributed by atoms with Gasteiger partial charge in [-0.2, -0.15) is 0 Å². The van der Waals surface area contributed by atoms with E-state index in [0.717, 1.165) is 48.9 Å². The maximum absolute atomic E-state index is 10.2. The molecular weight excluding hydrogens is 320 g/mol. The normalized spacial score (nSPS) is 49.0. The molecule has 4 aliphatic carbocycles. The quantitative estimate of drug-likeness (QED) is 0.665. The SMILES string of the molecule is C[C@H](CCCO)[C@H]1CC[C@H]2[C@@H]3CC=C4C[C@H](O)CC[C@]4(C)[C@H]3CC[C@]12C. The van der Waals surface area contributed by atoms with Crippen LogP contribution in [0, 0.1) is 40.4 Å². The summed E-state index contributed by atoms with van der Waals surface area (Å²) in [5.74, 6) is 4.21. The van der Waals surface area contributed by atoms with Gasteiger partial charge in [0.15, 0.2) is 0 Å². The van der Waals surface area contributed by atoms with Crippen molar-refractivity contribution in [3.8, 4) is 0 Å². The summed E-state index contributed by atoms with van der Waals surface area (Å²) in [5, 5.41) is 19.4. The third-order valence-electron chi connectivity index (χ3n) is 9.66. The van der Waals surface area contributed by atoms with Gasteiger partial charge in [0, 0.05) is 6.61 Å². The molecule has 4 rings (SSSR count). The van der Waals surface area contributed by atoms with Crippen molar-refractivity contribution < 1.29 is 10.2 Å². The van der Waals surface area contributed by atoms with Gasteiger partial charge < -0.3 is 10.2 Å². The fourth-order valence-electron chi connectivity index (χ4n) is 8.23. The average molecular weight is 361 g/mol. The van der Waals surface area contributed by atoms with Crippen LogP contribution in [-0.2, 0) is 0 Å². The molecule has 148 valence electrons. The number of rotatable bonds is 4. The molecule has 4 aliphatic rings. The topological polar surface area (TPSA) is 40.5 Å². The van der Waals surface area contributed by atoms with Crippen LogP contribution in [0.1, 0.15) is 85.0 Å². The molecule has 0 heterocycles. The van der Waals surface area contributed by atoms with Crippen LogP contribution in [0.3, 0.4) is 0 Å². The van der Waals surface area contributed by atoms with Crippen LogP contribution in [0.15, 0.2) is 11.6 Å². The molecule has 26 heavy (non-hydrogen) atoms. The second-order valence-electron chi connectivity index (χ2n) is 10.7. The lowest BCUT2D eigenvalue weighted by Crippen LogP contribution is -2.50. The molecule has 2 N–H and O–H groups in total. The summed E-state index contributed by atoms with van der Waals surface area (Å²) in [5.41, 5.74) is 2.47. The number of hydrogen-bond acceptors (Lipinski definition) is 2. The molecule has 3 fully saturated rings. The summed E-state index contributed by atoms with van der Waals surface area (Å²) >= 11 is 0. The van der Waals surface area contributed by atoms with Gasteiger partial charge in [0.2, 0.25) is 0 Å².